The van der Waals surface area contributed by atoms with Crippen LogP contribution in [0.2, 0.25) is 0 Å². The molecule has 2 amide bonds. The van der Waals surface area contributed by atoms with E-state index in [4.69, 9.17) is 0 Å². The maximum Gasteiger partial charge on any atom is 0.269 e. The molecule has 3 rings (SSSR count). The lowest BCUT2D eigenvalue weighted by atomic mass is 10.1. The molecule has 2 aromatic rings. The fraction of sp³-hybridized carbons (Fsp3) is 0.350. The van der Waals surface area contributed by atoms with Crippen molar-refractivity contribution >= 4 is 17.5 Å². The Labute approximate surface area is 148 Å². The minimum absolute atomic E-state index is 0.0949. The standard InChI is InChI=1S/C20H23N3O2/c1-3-4-10-22-19(24)17-13-16(9-11-21-17)20(25)23-14(2)12-15-7-5-6-8-18(15)23/h5-9,11,13-14H,3-4,10,12H2,1-2H3,(H,22,24). The third-order valence-electron chi connectivity index (χ3n) is 4.48. The molecular weight excluding hydrogens is 314 g/mol. The number of rotatable bonds is 5. The summed E-state index contributed by atoms with van der Waals surface area (Å²) in [5.74, 6) is -0.333. The molecule has 1 aromatic heterocycles. The average Bonchev–Trinajstić information content (AvgIpc) is 2.97. The van der Waals surface area contributed by atoms with Gasteiger partial charge >= 0.3 is 0 Å². The van der Waals surface area contributed by atoms with Crippen LogP contribution in [0.15, 0.2) is 42.6 Å². The molecule has 1 aromatic carbocycles. The molecule has 0 fully saturated rings. The molecule has 1 aliphatic heterocycles. The predicted molar refractivity (Wildman–Crippen MR) is 97.9 cm³/mol. The number of carbonyl (C=O) groups excluding carboxylic acids is 2. The first-order chi connectivity index (χ1) is 12.1. The second-order valence-electron chi connectivity index (χ2n) is 6.40. The predicted octanol–water partition coefficient (Wildman–Crippen LogP) is 3.20. The lowest BCUT2D eigenvalue weighted by Crippen LogP contribution is -2.36. The fourth-order valence-electron chi connectivity index (χ4n) is 3.17. The largest absolute Gasteiger partial charge is 0.351 e. The summed E-state index contributed by atoms with van der Waals surface area (Å²) >= 11 is 0. The zero-order valence-electron chi connectivity index (χ0n) is 14.7. The summed E-state index contributed by atoms with van der Waals surface area (Å²) in [7, 11) is 0. The minimum Gasteiger partial charge on any atom is -0.351 e. The molecule has 130 valence electrons. The lowest BCUT2D eigenvalue weighted by Gasteiger charge is -2.23. The SMILES string of the molecule is CCCCNC(=O)c1cc(C(=O)N2c3ccccc3CC2C)ccn1. The number of aromatic nitrogens is 1. The topological polar surface area (TPSA) is 62.3 Å². The van der Waals surface area contributed by atoms with E-state index >= 15 is 0 Å². The Morgan fingerprint density at radius 2 is 2.08 bits per heavy atom. The fourth-order valence-corrected chi connectivity index (χ4v) is 3.17. The van der Waals surface area contributed by atoms with Gasteiger partial charge in [-0.2, -0.15) is 0 Å². The van der Waals surface area contributed by atoms with E-state index in [1.54, 1.807) is 12.1 Å². The number of unbranched alkanes of at least 4 members (excludes halogenated alkanes) is 1. The Hall–Kier alpha value is -2.69. The number of nitrogens with zero attached hydrogens (tertiary/aromatic N) is 2. The van der Waals surface area contributed by atoms with Crippen molar-refractivity contribution in [2.24, 2.45) is 0 Å². The summed E-state index contributed by atoms with van der Waals surface area (Å²) in [5.41, 5.74) is 2.89. The van der Waals surface area contributed by atoms with Gasteiger partial charge < -0.3 is 10.2 Å². The van der Waals surface area contributed by atoms with Crippen LogP contribution in [0.3, 0.4) is 0 Å². The van der Waals surface area contributed by atoms with E-state index in [0.717, 1.165) is 24.9 Å². The van der Waals surface area contributed by atoms with Crippen LogP contribution in [0, 0.1) is 0 Å². The number of amides is 2. The second kappa shape index (κ2) is 7.47. The summed E-state index contributed by atoms with van der Waals surface area (Å²) in [6, 6.07) is 11.3. The van der Waals surface area contributed by atoms with Crippen LogP contribution in [-0.2, 0) is 6.42 Å². The molecule has 0 saturated carbocycles. The molecule has 0 spiro atoms. The van der Waals surface area contributed by atoms with Gasteiger partial charge in [0.25, 0.3) is 11.8 Å². The van der Waals surface area contributed by atoms with Gasteiger partial charge in [-0.15, -0.1) is 0 Å². The molecule has 2 heterocycles. The number of carbonyl (C=O) groups is 2. The molecule has 1 unspecified atom stereocenters. The molecule has 1 N–H and O–H groups in total. The first kappa shape index (κ1) is 17.1. The maximum atomic E-state index is 13.0. The van der Waals surface area contributed by atoms with Crippen LogP contribution in [0.1, 0.15) is 53.1 Å². The van der Waals surface area contributed by atoms with Crippen LogP contribution < -0.4 is 10.2 Å². The van der Waals surface area contributed by atoms with E-state index in [9.17, 15) is 9.59 Å². The van der Waals surface area contributed by atoms with Gasteiger partial charge in [-0.1, -0.05) is 31.5 Å². The van der Waals surface area contributed by atoms with Crippen LogP contribution in [-0.4, -0.2) is 29.4 Å². The van der Waals surface area contributed by atoms with Gasteiger partial charge in [0.1, 0.15) is 5.69 Å². The zero-order chi connectivity index (χ0) is 17.8. The number of benzene rings is 1. The summed E-state index contributed by atoms with van der Waals surface area (Å²) in [4.78, 5) is 31.1. The van der Waals surface area contributed by atoms with Crippen molar-refractivity contribution in [3.63, 3.8) is 0 Å². The Morgan fingerprint density at radius 1 is 1.28 bits per heavy atom. The average molecular weight is 337 g/mol. The first-order valence-corrected chi connectivity index (χ1v) is 8.77. The van der Waals surface area contributed by atoms with Crippen molar-refractivity contribution in [3.05, 3.63) is 59.4 Å². The number of pyridine rings is 1. The van der Waals surface area contributed by atoms with Crippen molar-refractivity contribution in [3.8, 4) is 0 Å². The van der Waals surface area contributed by atoms with E-state index in [1.807, 2.05) is 30.0 Å². The van der Waals surface area contributed by atoms with Crippen molar-refractivity contribution < 1.29 is 9.59 Å². The highest BCUT2D eigenvalue weighted by Gasteiger charge is 2.31. The Balaban J connectivity index is 1.81. The molecule has 0 radical (unpaired) electrons. The highest BCUT2D eigenvalue weighted by molar-refractivity contribution is 6.08. The Bertz CT molecular complexity index is 788. The van der Waals surface area contributed by atoms with E-state index in [0.29, 0.717) is 12.1 Å². The number of hydrogen-bond donors (Lipinski definition) is 1. The Morgan fingerprint density at radius 3 is 2.88 bits per heavy atom. The van der Waals surface area contributed by atoms with Gasteiger partial charge in [0, 0.05) is 30.0 Å². The van der Waals surface area contributed by atoms with E-state index in [2.05, 4.69) is 23.3 Å². The van der Waals surface area contributed by atoms with Gasteiger partial charge in [0.15, 0.2) is 0 Å². The first-order valence-electron chi connectivity index (χ1n) is 8.77. The maximum absolute atomic E-state index is 13.0. The molecule has 5 heteroatoms. The lowest BCUT2D eigenvalue weighted by molar-refractivity contribution is 0.0948. The summed E-state index contributed by atoms with van der Waals surface area (Å²) in [6.45, 7) is 4.72. The highest BCUT2D eigenvalue weighted by atomic mass is 16.2. The quantitative estimate of drug-likeness (QED) is 0.852. The third kappa shape index (κ3) is 3.55. The molecule has 25 heavy (non-hydrogen) atoms. The van der Waals surface area contributed by atoms with E-state index in [-0.39, 0.29) is 23.6 Å². The number of para-hydroxylation sites is 1. The van der Waals surface area contributed by atoms with Crippen LogP contribution >= 0.6 is 0 Å². The molecule has 5 nitrogen and oxygen atoms in total. The van der Waals surface area contributed by atoms with Crippen LogP contribution in [0.25, 0.3) is 0 Å². The highest BCUT2D eigenvalue weighted by Crippen LogP contribution is 2.33. The summed E-state index contributed by atoms with van der Waals surface area (Å²) in [6.07, 6.45) is 4.30. The second-order valence-corrected chi connectivity index (χ2v) is 6.40. The number of anilines is 1. The normalized spacial score (nSPS) is 15.8. The van der Waals surface area contributed by atoms with E-state index in [1.165, 1.54) is 11.8 Å². The summed E-state index contributed by atoms with van der Waals surface area (Å²) < 4.78 is 0. The van der Waals surface area contributed by atoms with Crippen molar-refractivity contribution in [1.29, 1.82) is 0 Å². The molecule has 1 aliphatic rings. The molecule has 0 aliphatic carbocycles. The van der Waals surface area contributed by atoms with Crippen LogP contribution in [0.5, 0.6) is 0 Å². The van der Waals surface area contributed by atoms with E-state index < -0.39 is 0 Å². The van der Waals surface area contributed by atoms with Gasteiger partial charge in [-0.25, -0.2) is 0 Å². The van der Waals surface area contributed by atoms with Crippen molar-refractivity contribution in [2.45, 2.75) is 39.2 Å². The number of hydrogen-bond acceptors (Lipinski definition) is 3. The smallest absolute Gasteiger partial charge is 0.269 e. The van der Waals surface area contributed by atoms with Gasteiger partial charge in [-0.3, -0.25) is 14.6 Å². The molecule has 0 saturated heterocycles. The van der Waals surface area contributed by atoms with Gasteiger partial charge in [0.2, 0.25) is 0 Å². The number of nitrogens with one attached hydrogen (secondary N) is 1. The van der Waals surface area contributed by atoms with Gasteiger partial charge in [0.05, 0.1) is 0 Å². The molecular formula is C20H23N3O2. The zero-order valence-corrected chi connectivity index (χ0v) is 14.7. The van der Waals surface area contributed by atoms with Crippen LogP contribution in [0.4, 0.5) is 5.69 Å². The molecule has 0 bridgehead atoms. The summed E-state index contributed by atoms with van der Waals surface area (Å²) in [5, 5.41) is 2.83. The van der Waals surface area contributed by atoms with Crippen molar-refractivity contribution in [2.75, 3.05) is 11.4 Å². The number of fused-ring (bicyclic) bond motifs is 1. The third-order valence-corrected chi connectivity index (χ3v) is 4.48. The molecule has 1 atom stereocenters. The monoisotopic (exact) mass is 337 g/mol. The Kier molecular flexibility index (Phi) is 5.12. The van der Waals surface area contributed by atoms with Gasteiger partial charge in [-0.05, 0) is 43.5 Å². The van der Waals surface area contributed by atoms with Crippen molar-refractivity contribution in [1.82, 2.24) is 10.3 Å². The minimum atomic E-state index is -0.238.